The summed E-state index contributed by atoms with van der Waals surface area (Å²) in [5.41, 5.74) is 0.196. The fourth-order valence-corrected chi connectivity index (χ4v) is 3.62. The first-order valence-corrected chi connectivity index (χ1v) is 10.2. The number of rotatable bonds is 5. The maximum Gasteiger partial charge on any atom is 0.266 e. The molecular weight excluding hydrogens is 370 g/mol. The van der Waals surface area contributed by atoms with Crippen LogP contribution < -0.4 is 19.5 Å². The van der Waals surface area contributed by atoms with Crippen molar-refractivity contribution >= 4 is 40.0 Å². The Labute approximate surface area is 168 Å². The zero-order chi connectivity index (χ0) is 20.3. The molecule has 1 N–H and O–H groups in total. The molecule has 4 nitrogen and oxygen atoms in total. The van der Waals surface area contributed by atoms with Crippen LogP contribution in [0.4, 0.5) is 0 Å². The van der Waals surface area contributed by atoms with E-state index in [9.17, 15) is 9.59 Å². The summed E-state index contributed by atoms with van der Waals surface area (Å²) in [6.45, 7) is 8.25. The fraction of sp³-hybridized carbons (Fsp3) is 0.304. The number of Topliss-reactive ketones (excluding diaryl/α,β-unsaturated/α-hetero) is 1. The highest BCUT2D eigenvalue weighted by Crippen LogP contribution is 2.29. The molecule has 0 spiro atoms. The van der Waals surface area contributed by atoms with Crippen LogP contribution in [0.5, 0.6) is 5.75 Å². The molecule has 0 fully saturated rings. The number of H-pyrrole nitrogens is 1. The summed E-state index contributed by atoms with van der Waals surface area (Å²) in [6.07, 6.45) is 4.27. The van der Waals surface area contributed by atoms with Gasteiger partial charge in [0.1, 0.15) is 5.75 Å². The summed E-state index contributed by atoms with van der Waals surface area (Å²) < 4.78 is 7.03. The maximum atomic E-state index is 12.5. The van der Waals surface area contributed by atoms with Gasteiger partial charge < -0.3 is 9.72 Å². The summed E-state index contributed by atoms with van der Waals surface area (Å²) in [4.78, 5) is 27.5. The molecule has 0 unspecified atom stereocenters. The van der Waals surface area contributed by atoms with Crippen molar-refractivity contribution in [2.24, 2.45) is 5.41 Å². The minimum absolute atomic E-state index is 0.0197. The Morgan fingerprint density at radius 3 is 2.64 bits per heavy atom. The molecule has 1 aromatic heterocycles. The molecule has 0 aliphatic rings. The van der Waals surface area contributed by atoms with E-state index in [4.69, 9.17) is 4.74 Å². The molecule has 3 aromatic rings. The summed E-state index contributed by atoms with van der Waals surface area (Å²) in [5.74, 6) is 0.735. The van der Waals surface area contributed by atoms with Crippen molar-refractivity contribution in [3.63, 3.8) is 0 Å². The maximum absolute atomic E-state index is 12.5. The van der Waals surface area contributed by atoms with Gasteiger partial charge in [-0.1, -0.05) is 58.0 Å². The highest BCUT2D eigenvalue weighted by atomic mass is 32.1. The van der Waals surface area contributed by atoms with Crippen LogP contribution in [0.15, 0.2) is 41.2 Å². The number of ketones is 1. The van der Waals surface area contributed by atoms with E-state index in [-0.39, 0.29) is 11.3 Å². The van der Waals surface area contributed by atoms with Crippen LogP contribution in [0.3, 0.4) is 0 Å². The zero-order valence-corrected chi connectivity index (χ0v) is 17.5. The Bertz CT molecular complexity index is 1180. The number of carbonyl (C=O) groups excluding carboxylic acids is 1. The third-order valence-electron chi connectivity index (χ3n) is 4.35. The smallest absolute Gasteiger partial charge is 0.266 e. The first-order chi connectivity index (χ1) is 13.3. The number of aromatic nitrogens is 1. The SMILES string of the molecule is CCCOc1ccc2ccccc2c1/C=c1\s/c(=C\C(=O)C(C)(C)C)[nH]c1=O. The number of benzene rings is 2. The van der Waals surface area contributed by atoms with Gasteiger partial charge in [-0.25, -0.2) is 0 Å². The average Bonchev–Trinajstić information content (AvgIpc) is 2.99. The van der Waals surface area contributed by atoms with Crippen molar-refractivity contribution < 1.29 is 9.53 Å². The number of hydrogen-bond donors (Lipinski definition) is 1. The lowest BCUT2D eigenvalue weighted by Crippen LogP contribution is -2.22. The minimum atomic E-state index is -0.485. The highest BCUT2D eigenvalue weighted by Gasteiger charge is 2.18. The number of fused-ring (bicyclic) bond motifs is 1. The van der Waals surface area contributed by atoms with Gasteiger partial charge in [0.05, 0.1) is 15.8 Å². The van der Waals surface area contributed by atoms with E-state index in [1.807, 2.05) is 63.2 Å². The van der Waals surface area contributed by atoms with E-state index in [0.717, 1.165) is 28.5 Å². The summed E-state index contributed by atoms with van der Waals surface area (Å²) in [6, 6.07) is 12.0. The standard InChI is InChI=1S/C23H25NO3S/c1-5-12-27-18-11-10-15-8-6-7-9-16(15)17(18)13-19-22(26)24-21(28-19)14-20(25)23(2,3)4/h6-11,13-14H,5,12H2,1-4H3,(H,24,26)/b19-13-,21-14-. The van der Waals surface area contributed by atoms with Gasteiger partial charge >= 0.3 is 0 Å². The van der Waals surface area contributed by atoms with Crippen molar-refractivity contribution in [2.75, 3.05) is 6.61 Å². The van der Waals surface area contributed by atoms with Crippen LogP contribution in [0.25, 0.3) is 22.9 Å². The first-order valence-electron chi connectivity index (χ1n) is 9.41. The van der Waals surface area contributed by atoms with Gasteiger partial charge in [-0.15, -0.1) is 11.3 Å². The average molecular weight is 396 g/mol. The number of aromatic amines is 1. The lowest BCUT2D eigenvalue weighted by atomic mass is 9.91. The zero-order valence-electron chi connectivity index (χ0n) is 16.7. The Morgan fingerprint density at radius 1 is 1.18 bits per heavy atom. The molecule has 146 valence electrons. The monoisotopic (exact) mass is 395 g/mol. The Morgan fingerprint density at radius 2 is 1.93 bits per heavy atom. The molecule has 2 aromatic carbocycles. The van der Waals surface area contributed by atoms with Crippen LogP contribution in [-0.2, 0) is 4.79 Å². The molecule has 0 bridgehead atoms. The highest BCUT2D eigenvalue weighted by molar-refractivity contribution is 7.07. The molecule has 0 radical (unpaired) electrons. The van der Waals surface area contributed by atoms with Crippen LogP contribution in [-0.4, -0.2) is 17.4 Å². The molecule has 5 heteroatoms. The first kappa shape index (κ1) is 20.1. The molecule has 0 amide bonds. The van der Waals surface area contributed by atoms with Crippen molar-refractivity contribution in [3.05, 3.63) is 61.5 Å². The van der Waals surface area contributed by atoms with E-state index in [1.165, 1.54) is 17.4 Å². The number of hydrogen-bond acceptors (Lipinski definition) is 4. The quantitative estimate of drug-likeness (QED) is 0.718. The van der Waals surface area contributed by atoms with Crippen LogP contribution in [0, 0.1) is 5.41 Å². The Balaban J connectivity index is 2.18. The van der Waals surface area contributed by atoms with Gasteiger partial charge in [0.25, 0.3) is 5.56 Å². The molecule has 3 rings (SSSR count). The summed E-state index contributed by atoms with van der Waals surface area (Å²) in [5, 5.41) is 2.11. The fourth-order valence-electron chi connectivity index (χ4n) is 2.75. The molecule has 0 aliphatic carbocycles. The molecule has 1 heterocycles. The predicted molar refractivity (Wildman–Crippen MR) is 116 cm³/mol. The van der Waals surface area contributed by atoms with Crippen molar-refractivity contribution in [2.45, 2.75) is 34.1 Å². The summed E-state index contributed by atoms with van der Waals surface area (Å²) >= 11 is 1.28. The van der Waals surface area contributed by atoms with Gasteiger partial charge in [0.15, 0.2) is 5.78 Å². The van der Waals surface area contributed by atoms with Gasteiger partial charge in [-0.05, 0) is 29.3 Å². The Kier molecular flexibility index (Phi) is 5.84. The molecule has 28 heavy (non-hydrogen) atoms. The molecule has 0 saturated carbocycles. The van der Waals surface area contributed by atoms with Gasteiger partial charge in [-0.2, -0.15) is 0 Å². The number of ether oxygens (including phenoxy) is 1. The van der Waals surface area contributed by atoms with Crippen molar-refractivity contribution in [1.29, 1.82) is 0 Å². The van der Waals surface area contributed by atoms with Crippen LogP contribution in [0.2, 0.25) is 0 Å². The van der Waals surface area contributed by atoms with E-state index in [1.54, 1.807) is 0 Å². The molecule has 0 aliphatic heterocycles. The molecule has 0 saturated heterocycles. The van der Waals surface area contributed by atoms with Crippen LogP contribution >= 0.6 is 11.3 Å². The lowest BCUT2D eigenvalue weighted by Gasteiger charge is -2.12. The second-order valence-corrected chi connectivity index (χ2v) is 8.82. The van der Waals surface area contributed by atoms with Gasteiger partial charge in [0, 0.05) is 17.1 Å². The van der Waals surface area contributed by atoms with Crippen molar-refractivity contribution in [1.82, 2.24) is 4.98 Å². The van der Waals surface area contributed by atoms with E-state index >= 15 is 0 Å². The predicted octanol–water partition coefficient (Wildman–Crippen LogP) is 3.60. The largest absolute Gasteiger partial charge is 0.493 e. The van der Waals surface area contributed by atoms with Crippen molar-refractivity contribution in [3.8, 4) is 5.75 Å². The van der Waals surface area contributed by atoms with E-state index in [0.29, 0.717) is 15.8 Å². The second kappa shape index (κ2) is 8.15. The number of nitrogens with one attached hydrogen (secondary N) is 1. The Hall–Kier alpha value is -2.66. The lowest BCUT2D eigenvalue weighted by molar-refractivity contribution is -0.119. The molecular formula is C23H25NO3S. The second-order valence-electron chi connectivity index (χ2n) is 7.73. The summed E-state index contributed by atoms with van der Waals surface area (Å²) in [7, 11) is 0. The van der Waals surface area contributed by atoms with E-state index < -0.39 is 5.41 Å². The third kappa shape index (κ3) is 4.42. The van der Waals surface area contributed by atoms with Crippen LogP contribution in [0.1, 0.15) is 39.7 Å². The van der Waals surface area contributed by atoms with Gasteiger partial charge in [0.2, 0.25) is 0 Å². The number of thiazole rings is 1. The molecule has 0 atom stereocenters. The third-order valence-corrected chi connectivity index (χ3v) is 5.31. The topological polar surface area (TPSA) is 59.2 Å². The van der Waals surface area contributed by atoms with Gasteiger partial charge in [-0.3, -0.25) is 9.59 Å². The normalized spacial score (nSPS) is 13.3. The van der Waals surface area contributed by atoms with E-state index in [2.05, 4.69) is 11.9 Å². The number of carbonyl (C=O) groups is 1. The minimum Gasteiger partial charge on any atom is -0.493 e.